The summed E-state index contributed by atoms with van der Waals surface area (Å²) in [5.74, 6) is 0.954. The maximum Gasteiger partial charge on any atom is 0.211 e. The van der Waals surface area contributed by atoms with Crippen LogP contribution in [0.25, 0.3) is 11.1 Å². The molecule has 0 amide bonds. The Morgan fingerprint density at radius 2 is 0.972 bits per heavy atom. The van der Waals surface area contributed by atoms with Crippen LogP contribution in [0.5, 0.6) is 0 Å². The SMILES string of the molecule is Fc1cccc(F)c1C(=C1SC2=C(S1)[SH+]CCS2)C(=C1SC2=C(S1)[SH+]CCS2)c1c(F)cccc1F. The lowest BCUT2D eigenvalue weighted by atomic mass is 9.93. The minimum Gasteiger partial charge on any atom is -0.206 e. The van der Waals surface area contributed by atoms with Crippen LogP contribution < -0.4 is 0 Å². The molecule has 4 heterocycles. The zero-order valence-corrected chi connectivity index (χ0v) is 24.8. The first kappa shape index (κ1) is 26.2. The molecule has 0 radical (unpaired) electrons. The number of hydrogen-bond acceptors (Lipinski definition) is 6. The lowest BCUT2D eigenvalue weighted by Gasteiger charge is -2.20. The van der Waals surface area contributed by atoms with Crippen LogP contribution >= 0.6 is 70.6 Å². The van der Waals surface area contributed by atoms with Crippen LogP contribution in [-0.2, 0) is 23.5 Å². The Hall–Kier alpha value is -0.0800. The lowest BCUT2D eigenvalue weighted by molar-refractivity contribution is 0.573. The van der Waals surface area contributed by atoms with Crippen molar-refractivity contribution >= 4 is 105 Å². The van der Waals surface area contributed by atoms with E-state index in [2.05, 4.69) is 0 Å². The Labute approximate surface area is 240 Å². The van der Waals surface area contributed by atoms with Crippen molar-refractivity contribution in [2.45, 2.75) is 0 Å². The summed E-state index contributed by atoms with van der Waals surface area (Å²) in [5, 5.41) is 0. The lowest BCUT2D eigenvalue weighted by Crippen LogP contribution is -2.04. The second kappa shape index (κ2) is 11.2. The molecule has 0 spiro atoms. The average molecular weight is 637 g/mol. The average Bonchev–Trinajstić information content (AvgIpc) is 3.48. The molecule has 0 unspecified atom stereocenters. The highest BCUT2D eigenvalue weighted by Crippen LogP contribution is 2.64. The Morgan fingerprint density at radius 1 is 0.583 bits per heavy atom. The zero-order chi connectivity index (χ0) is 24.8. The summed E-state index contributed by atoms with van der Waals surface area (Å²) in [4.78, 5) is 0. The molecule has 0 bridgehead atoms. The van der Waals surface area contributed by atoms with Crippen molar-refractivity contribution in [1.29, 1.82) is 0 Å². The molecule has 2 aromatic carbocycles. The number of hydrogen-bond donors (Lipinski definition) is 0. The number of thioether (sulfide) groups is 6. The largest absolute Gasteiger partial charge is 0.211 e. The highest BCUT2D eigenvalue weighted by atomic mass is 32.3. The van der Waals surface area contributed by atoms with Gasteiger partial charge in [0.2, 0.25) is 8.47 Å². The molecule has 0 saturated heterocycles. The summed E-state index contributed by atoms with van der Waals surface area (Å²) in [6.45, 7) is 0. The number of benzene rings is 2. The standard InChI is InChI=1S/C24H14F4S8/c25-11-3-1-4-12(26)15(11)17(19-33-21-22(34-19)30-8-7-29-21)18(16-13(27)5-2-6-14(16)28)20-35-23-24(36-20)32-10-9-31-23/h1-6H,7-10H2/p+2. The summed E-state index contributed by atoms with van der Waals surface area (Å²) >= 11 is 11.7. The molecule has 0 fully saturated rings. The van der Waals surface area contributed by atoms with Crippen molar-refractivity contribution in [2.24, 2.45) is 0 Å². The van der Waals surface area contributed by atoms with Crippen molar-refractivity contribution < 1.29 is 17.6 Å². The molecule has 36 heavy (non-hydrogen) atoms. The van der Waals surface area contributed by atoms with Gasteiger partial charge in [-0.1, -0.05) is 35.7 Å². The van der Waals surface area contributed by atoms with E-state index in [1.807, 2.05) is 0 Å². The molecule has 6 rings (SSSR count). The van der Waals surface area contributed by atoms with Crippen LogP contribution in [0.3, 0.4) is 0 Å². The van der Waals surface area contributed by atoms with Gasteiger partial charge in [0.05, 0.1) is 19.6 Å². The van der Waals surface area contributed by atoms with Crippen LogP contribution in [0.2, 0.25) is 0 Å². The van der Waals surface area contributed by atoms with E-state index in [4.69, 9.17) is 0 Å². The second-order valence-corrected chi connectivity index (χ2v) is 17.9. The van der Waals surface area contributed by atoms with Crippen molar-refractivity contribution in [3.05, 3.63) is 96.2 Å². The summed E-state index contributed by atoms with van der Waals surface area (Å²) in [6.07, 6.45) is 0. The van der Waals surface area contributed by atoms with Gasteiger partial charge in [0.1, 0.15) is 43.2 Å². The Morgan fingerprint density at radius 3 is 1.33 bits per heavy atom. The predicted octanol–water partition coefficient (Wildman–Crippen LogP) is 8.62. The van der Waals surface area contributed by atoms with E-state index >= 15 is 17.6 Å². The van der Waals surface area contributed by atoms with E-state index in [-0.39, 0.29) is 22.3 Å². The van der Waals surface area contributed by atoms with Gasteiger partial charge in [-0.25, -0.2) is 17.6 Å². The number of rotatable bonds is 3. The Kier molecular flexibility index (Phi) is 8.13. The van der Waals surface area contributed by atoms with E-state index in [1.165, 1.54) is 107 Å². The first-order chi connectivity index (χ1) is 17.5. The van der Waals surface area contributed by atoms with E-state index in [1.54, 1.807) is 23.5 Å². The van der Waals surface area contributed by atoms with Crippen molar-refractivity contribution in [3.8, 4) is 0 Å². The van der Waals surface area contributed by atoms with Crippen LogP contribution in [0, 0.1) is 23.3 Å². The molecular weight excluding hydrogens is 621 g/mol. The monoisotopic (exact) mass is 636 g/mol. The fourth-order valence-corrected chi connectivity index (χ4v) is 16.5. The smallest absolute Gasteiger partial charge is 0.206 e. The third-order valence-corrected chi connectivity index (χ3v) is 17.4. The van der Waals surface area contributed by atoms with E-state index < -0.39 is 23.3 Å². The number of thiol groups is 2. The molecule has 0 atom stereocenters. The Bertz CT molecular complexity index is 1210. The second-order valence-electron chi connectivity index (χ2n) is 7.57. The number of halogens is 4. The van der Waals surface area contributed by atoms with Crippen LogP contribution in [0.15, 0.2) is 61.8 Å². The molecular formula is C24H16F4S8+2. The fraction of sp³-hybridized carbons (Fsp3) is 0.167. The van der Waals surface area contributed by atoms with Gasteiger partial charge >= 0.3 is 0 Å². The van der Waals surface area contributed by atoms with Gasteiger partial charge in [0.25, 0.3) is 0 Å². The molecule has 0 nitrogen and oxygen atoms in total. The highest BCUT2D eigenvalue weighted by molar-refractivity contribution is 8.40. The third-order valence-electron chi connectivity index (χ3n) is 5.34. The molecule has 0 saturated carbocycles. The third kappa shape index (κ3) is 4.98. The predicted molar refractivity (Wildman–Crippen MR) is 163 cm³/mol. The Balaban J connectivity index is 1.63. The minimum absolute atomic E-state index is 0.228. The van der Waals surface area contributed by atoms with Gasteiger partial charge in [-0.05, 0) is 47.8 Å². The van der Waals surface area contributed by atoms with Gasteiger partial charge in [0, 0.05) is 46.2 Å². The van der Waals surface area contributed by atoms with Crippen LogP contribution in [-0.4, -0.2) is 23.0 Å². The molecule has 4 aliphatic rings. The number of allylic oxidation sites excluding steroid dienone is 2. The van der Waals surface area contributed by atoms with Crippen molar-refractivity contribution in [3.63, 3.8) is 0 Å². The van der Waals surface area contributed by atoms with Crippen LogP contribution in [0.4, 0.5) is 17.6 Å². The van der Waals surface area contributed by atoms with E-state index in [0.29, 0.717) is 8.47 Å². The van der Waals surface area contributed by atoms with E-state index in [0.717, 1.165) is 40.0 Å². The zero-order valence-electron chi connectivity index (χ0n) is 18.1. The highest BCUT2D eigenvalue weighted by Gasteiger charge is 2.40. The fourth-order valence-electron chi connectivity index (χ4n) is 3.84. The molecule has 0 aliphatic carbocycles. The summed E-state index contributed by atoms with van der Waals surface area (Å²) in [6, 6.07) is 7.45. The van der Waals surface area contributed by atoms with Gasteiger partial charge in [-0.15, -0.1) is 23.5 Å². The molecule has 4 aliphatic heterocycles. The summed E-state index contributed by atoms with van der Waals surface area (Å²) in [5.41, 5.74) is -0.0245. The molecule has 0 N–H and O–H groups in total. The first-order valence-corrected chi connectivity index (χ1v) is 18.1. The molecule has 12 heteroatoms. The van der Waals surface area contributed by atoms with Crippen LogP contribution in [0.1, 0.15) is 11.1 Å². The maximum atomic E-state index is 15.4. The summed E-state index contributed by atoms with van der Waals surface area (Å²) < 4.78 is 67.5. The molecule has 2 aromatic rings. The maximum absolute atomic E-state index is 15.4. The van der Waals surface area contributed by atoms with Gasteiger partial charge in [-0.2, -0.15) is 0 Å². The topological polar surface area (TPSA) is 0 Å². The molecule has 186 valence electrons. The first-order valence-electron chi connectivity index (χ1n) is 10.7. The summed E-state index contributed by atoms with van der Waals surface area (Å²) in [7, 11) is 0. The normalized spacial score (nSPS) is 22.7. The van der Waals surface area contributed by atoms with Gasteiger partial charge in [-0.3, -0.25) is 0 Å². The van der Waals surface area contributed by atoms with E-state index in [9.17, 15) is 0 Å². The van der Waals surface area contributed by atoms with Crippen molar-refractivity contribution in [2.75, 3.05) is 23.0 Å². The van der Waals surface area contributed by atoms with Gasteiger partial charge < -0.3 is 0 Å². The quantitative estimate of drug-likeness (QED) is 0.187. The minimum atomic E-state index is -0.748. The van der Waals surface area contributed by atoms with Gasteiger partial charge in [0.15, 0.2) is 0 Å². The molecule has 0 aromatic heterocycles. The van der Waals surface area contributed by atoms with Crippen molar-refractivity contribution in [1.82, 2.24) is 0 Å².